The van der Waals surface area contributed by atoms with Crippen LogP contribution in [0.3, 0.4) is 0 Å². The third-order valence-corrected chi connectivity index (χ3v) is 9.26. The van der Waals surface area contributed by atoms with E-state index >= 15 is 0 Å². The Bertz CT molecular complexity index is 2150. The molecule has 0 saturated carbocycles. The molecule has 0 aromatic heterocycles. The van der Waals surface area contributed by atoms with Crippen molar-refractivity contribution in [1.29, 1.82) is 0 Å². The van der Waals surface area contributed by atoms with Gasteiger partial charge in [0.2, 0.25) is 0 Å². The van der Waals surface area contributed by atoms with Crippen LogP contribution in [0.2, 0.25) is 0 Å². The minimum absolute atomic E-state index is 0.0860. The highest BCUT2D eigenvalue weighted by atomic mass is 15.1. The van der Waals surface area contributed by atoms with E-state index in [1.54, 1.807) is 0 Å². The minimum atomic E-state index is -0.0860. The van der Waals surface area contributed by atoms with Crippen LogP contribution in [0.25, 0.3) is 44.2 Å². The summed E-state index contributed by atoms with van der Waals surface area (Å²) in [5.41, 5.74) is 13.6. The first-order valence-corrected chi connectivity index (χ1v) is 15.4. The van der Waals surface area contributed by atoms with Gasteiger partial charge < -0.3 is 4.90 Å². The average Bonchev–Trinajstić information content (AvgIpc) is 3.31. The maximum absolute atomic E-state index is 2.44. The lowest BCUT2D eigenvalue weighted by Crippen LogP contribution is -2.17. The Morgan fingerprint density at radius 3 is 1.91 bits per heavy atom. The summed E-state index contributed by atoms with van der Waals surface area (Å²) < 4.78 is 0. The van der Waals surface area contributed by atoms with Gasteiger partial charge >= 0.3 is 0 Å². The van der Waals surface area contributed by atoms with E-state index in [-0.39, 0.29) is 5.41 Å². The van der Waals surface area contributed by atoms with Gasteiger partial charge in [0, 0.05) is 22.4 Å². The van der Waals surface area contributed by atoms with Crippen molar-refractivity contribution in [3.63, 3.8) is 0 Å². The number of nitrogens with zero attached hydrogens (tertiary/aromatic N) is 1. The van der Waals surface area contributed by atoms with Crippen molar-refractivity contribution in [2.45, 2.75) is 19.3 Å². The van der Waals surface area contributed by atoms with Crippen LogP contribution in [0.4, 0.5) is 17.1 Å². The fourth-order valence-electron chi connectivity index (χ4n) is 7.08. The highest BCUT2D eigenvalue weighted by Crippen LogP contribution is 2.51. The van der Waals surface area contributed by atoms with Crippen LogP contribution < -0.4 is 4.90 Å². The summed E-state index contributed by atoms with van der Waals surface area (Å²) in [5, 5.41) is 2.52. The Hall–Kier alpha value is -5.40. The molecule has 1 aliphatic rings. The van der Waals surface area contributed by atoms with Crippen molar-refractivity contribution >= 4 is 27.8 Å². The smallest absolute Gasteiger partial charge is 0.0540 e. The zero-order valence-corrected chi connectivity index (χ0v) is 25.0. The third kappa shape index (κ3) is 4.24. The van der Waals surface area contributed by atoms with Gasteiger partial charge in [-0.2, -0.15) is 0 Å². The number of rotatable bonds is 5. The molecule has 0 aliphatic heterocycles. The third-order valence-electron chi connectivity index (χ3n) is 9.26. The van der Waals surface area contributed by atoms with Crippen LogP contribution >= 0.6 is 0 Å². The molecule has 8 rings (SSSR count). The normalized spacial score (nSPS) is 13.0. The molecule has 1 aliphatic carbocycles. The number of para-hydroxylation sites is 1. The molecule has 0 heterocycles. The van der Waals surface area contributed by atoms with E-state index in [9.17, 15) is 0 Å². The molecular formula is C43H33N. The van der Waals surface area contributed by atoms with Crippen LogP contribution in [0.1, 0.15) is 25.0 Å². The van der Waals surface area contributed by atoms with E-state index in [0.717, 1.165) is 17.1 Å². The van der Waals surface area contributed by atoms with Gasteiger partial charge in [0.1, 0.15) is 0 Å². The fraction of sp³-hybridized carbons (Fsp3) is 0.0698. The predicted molar refractivity (Wildman–Crippen MR) is 187 cm³/mol. The summed E-state index contributed by atoms with van der Waals surface area (Å²) in [6, 6.07) is 59.6. The number of hydrogen-bond donors (Lipinski definition) is 0. The Morgan fingerprint density at radius 2 is 1.02 bits per heavy atom. The van der Waals surface area contributed by atoms with Crippen LogP contribution in [0, 0.1) is 0 Å². The van der Waals surface area contributed by atoms with Gasteiger partial charge in [0.15, 0.2) is 0 Å². The van der Waals surface area contributed by atoms with E-state index in [4.69, 9.17) is 0 Å². The summed E-state index contributed by atoms with van der Waals surface area (Å²) in [6.45, 7) is 4.70. The van der Waals surface area contributed by atoms with Crippen molar-refractivity contribution < 1.29 is 0 Å². The lowest BCUT2D eigenvalue weighted by molar-refractivity contribution is 0.660. The number of anilines is 3. The molecule has 0 N–H and O–H groups in total. The second kappa shape index (κ2) is 10.4. The highest BCUT2D eigenvalue weighted by molar-refractivity contribution is 5.98. The lowest BCUT2D eigenvalue weighted by atomic mass is 9.82. The first-order chi connectivity index (χ1) is 21.6. The number of benzene rings is 7. The fourth-order valence-corrected chi connectivity index (χ4v) is 7.08. The molecule has 0 spiro atoms. The van der Waals surface area contributed by atoms with Crippen LogP contribution in [0.5, 0.6) is 0 Å². The minimum Gasteiger partial charge on any atom is -0.310 e. The molecule has 0 unspecified atom stereocenters. The number of hydrogen-bond acceptors (Lipinski definition) is 1. The first-order valence-electron chi connectivity index (χ1n) is 15.4. The van der Waals surface area contributed by atoms with Crippen LogP contribution in [0.15, 0.2) is 164 Å². The molecule has 210 valence electrons. The molecule has 7 aromatic carbocycles. The maximum atomic E-state index is 2.44. The zero-order chi connectivity index (χ0) is 29.7. The zero-order valence-electron chi connectivity index (χ0n) is 25.0. The molecule has 7 aromatic rings. The quantitative estimate of drug-likeness (QED) is 0.201. The molecule has 0 atom stereocenters. The van der Waals surface area contributed by atoms with Gasteiger partial charge in [-0.3, -0.25) is 0 Å². The van der Waals surface area contributed by atoms with Gasteiger partial charge in [-0.05, 0) is 80.0 Å². The Morgan fingerprint density at radius 1 is 0.409 bits per heavy atom. The van der Waals surface area contributed by atoms with Gasteiger partial charge in [-0.25, -0.2) is 0 Å². The van der Waals surface area contributed by atoms with Crippen molar-refractivity contribution in [1.82, 2.24) is 0 Å². The molecular weight excluding hydrogens is 530 g/mol. The van der Waals surface area contributed by atoms with Crippen LogP contribution in [-0.4, -0.2) is 0 Å². The molecule has 1 heteroatoms. The van der Waals surface area contributed by atoms with Gasteiger partial charge in [-0.1, -0.05) is 147 Å². The van der Waals surface area contributed by atoms with Crippen molar-refractivity contribution in [2.24, 2.45) is 0 Å². The SMILES string of the molecule is CC1(C)c2ccccc2-c2ccc(N(c3cccc(-c4cccc5ccccc45)c3)c3ccccc3-c3ccccc3)cc21. The molecule has 0 amide bonds. The van der Waals surface area contributed by atoms with E-state index in [1.165, 1.54) is 55.3 Å². The van der Waals surface area contributed by atoms with Gasteiger partial charge in [0.05, 0.1) is 5.69 Å². The summed E-state index contributed by atoms with van der Waals surface area (Å²) in [4.78, 5) is 2.44. The summed E-state index contributed by atoms with van der Waals surface area (Å²) in [7, 11) is 0. The highest BCUT2D eigenvalue weighted by Gasteiger charge is 2.35. The summed E-state index contributed by atoms with van der Waals surface area (Å²) in [5.74, 6) is 0. The molecule has 0 bridgehead atoms. The Balaban J connectivity index is 1.35. The standard InChI is InChI=1S/C43H33N/c1-43(2)40-24-10-8-22-38(40)39-27-26-34(29-41(39)43)44(42-25-11-9-21-37(42)31-14-4-3-5-15-31)33-19-12-18-32(28-33)36-23-13-17-30-16-6-7-20-35(30)36/h3-29H,1-2H3. The van der Waals surface area contributed by atoms with Crippen molar-refractivity contribution in [3.8, 4) is 33.4 Å². The molecule has 0 fully saturated rings. The first kappa shape index (κ1) is 26.2. The Labute approximate surface area is 259 Å². The van der Waals surface area contributed by atoms with E-state index in [0.29, 0.717) is 0 Å². The van der Waals surface area contributed by atoms with E-state index < -0.39 is 0 Å². The number of fused-ring (bicyclic) bond motifs is 4. The Kier molecular flexibility index (Phi) is 6.20. The van der Waals surface area contributed by atoms with Crippen molar-refractivity contribution in [2.75, 3.05) is 4.90 Å². The van der Waals surface area contributed by atoms with E-state index in [2.05, 4.69) is 183 Å². The second-order valence-electron chi connectivity index (χ2n) is 12.2. The second-order valence-corrected chi connectivity index (χ2v) is 12.2. The van der Waals surface area contributed by atoms with Crippen molar-refractivity contribution in [3.05, 3.63) is 175 Å². The molecule has 1 nitrogen and oxygen atoms in total. The largest absolute Gasteiger partial charge is 0.310 e. The average molecular weight is 564 g/mol. The maximum Gasteiger partial charge on any atom is 0.0540 e. The monoisotopic (exact) mass is 563 g/mol. The lowest BCUT2D eigenvalue weighted by Gasteiger charge is -2.30. The van der Waals surface area contributed by atoms with Gasteiger partial charge in [-0.15, -0.1) is 0 Å². The predicted octanol–water partition coefficient (Wildman–Crippen LogP) is 11.9. The summed E-state index contributed by atoms with van der Waals surface area (Å²) in [6.07, 6.45) is 0. The molecule has 0 saturated heterocycles. The van der Waals surface area contributed by atoms with Gasteiger partial charge in [0.25, 0.3) is 0 Å². The summed E-state index contributed by atoms with van der Waals surface area (Å²) >= 11 is 0. The molecule has 0 radical (unpaired) electrons. The van der Waals surface area contributed by atoms with Crippen LogP contribution in [-0.2, 0) is 5.41 Å². The van der Waals surface area contributed by atoms with E-state index in [1.807, 2.05) is 0 Å². The topological polar surface area (TPSA) is 3.24 Å². The molecule has 44 heavy (non-hydrogen) atoms.